The highest BCUT2D eigenvalue weighted by atomic mass is 35.5. The molecule has 3 rings (SSSR count). The van der Waals surface area contributed by atoms with Crippen LogP contribution in [0.2, 0.25) is 5.02 Å². The number of nitrogens with zero attached hydrogens (tertiary/aromatic N) is 2. The van der Waals surface area contributed by atoms with Crippen LogP contribution in [0.5, 0.6) is 0 Å². The van der Waals surface area contributed by atoms with Crippen molar-refractivity contribution in [1.29, 1.82) is 0 Å². The summed E-state index contributed by atoms with van der Waals surface area (Å²) in [4.78, 5) is 29.5. The van der Waals surface area contributed by atoms with E-state index in [0.717, 1.165) is 18.4 Å². The van der Waals surface area contributed by atoms with E-state index in [2.05, 4.69) is 11.9 Å². The second-order valence-corrected chi connectivity index (χ2v) is 7.93. The Balaban J connectivity index is 2.18. The molecule has 0 saturated heterocycles. The smallest absolute Gasteiger partial charge is 0.327 e. The Morgan fingerprint density at radius 3 is 2.29 bits per heavy atom. The summed E-state index contributed by atoms with van der Waals surface area (Å²) in [6.45, 7) is 2.29. The van der Waals surface area contributed by atoms with E-state index < -0.39 is 17.4 Å². The van der Waals surface area contributed by atoms with Gasteiger partial charge in [0.2, 0.25) is 5.41 Å². The third-order valence-corrected chi connectivity index (χ3v) is 5.83. The molecule has 0 fully saturated rings. The molecule has 0 spiro atoms. The predicted molar refractivity (Wildman–Crippen MR) is 118 cm³/mol. The lowest BCUT2D eigenvalue weighted by Crippen LogP contribution is -2.47. The highest BCUT2D eigenvalue weighted by molar-refractivity contribution is 6.31. The van der Waals surface area contributed by atoms with Crippen molar-refractivity contribution in [2.45, 2.75) is 44.6 Å². The van der Waals surface area contributed by atoms with Crippen molar-refractivity contribution in [2.75, 3.05) is 0 Å². The van der Waals surface area contributed by atoms with Crippen molar-refractivity contribution >= 4 is 23.5 Å². The lowest BCUT2D eigenvalue weighted by atomic mass is 9.78. The first-order valence-corrected chi connectivity index (χ1v) is 10.6. The van der Waals surface area contributed by atoms with Crippen LogP contribution in [0.25, 0.3) is 0 Å². The SMILES string of the molecule is CCCCc1ncc(C(Cc2ccccc2)(C(=O)O)C(=O)O)n1Cc1ccccc1Cl. The normalized spacial score (nSPS) is 11.4. The number of halogens is 1. The molecule has 0 radical (unpaired) electrons. The molecule has 1 aromatic heterocycles. The summed E-state index contributed by atoms with van der Waals surface area (Å²) in [5, 5.41) is 20.9. The Bertz CT molecular complexity index is 1050. The Morgan fingerprint density at radius 1 is 1.03 bits per heavy atom. The molecular formula is C24H25ClN2O4. The third-order valence-electron chi connectivity index (χ3n) is 5.46. The topological polar surface area (TPSA) is 92.4 Å². The van der Waals surface area contributed by atoms with Gasteiger partial charge in [-0.3, -0.25) is 9.59 Å². The largest absolute Gasteiger partial charge is 0.480 e. The molecule has 2 aromatic carbocycles. The zero-order valence-electron chi connectivity index (χ0n) is 17.3. The minimum absolute atomic E-state index is 0.141. The van der Waals surface area contributed by atoms with Gasteiger partial charge in [0.05, 0.1) is 18.4 Å². The summed E-state index contributed by atoms with van der Waals surface area (Å²) in [5.74, 6) is -2.20. The number of imidazole rings is 1. The minimum atomic E-state index is -2.18. The first kappa shape index (κ1) is 22.6. The summed E-state index contributed by atoms with van der Waals surface area (Å²) in [6.07, 6.45) is 3.60. The molecule has 0 aliphatic carbocycles. The van der Waals surface area contributed by atoms with E-state index >= 15 is 0 Å². The van der Waals surface area contributed by atoms with Gasteiger partial charge in [-0.15, -0.1) is 0 Å². The van der Waals surface area contributed by atoms with Crippen LogP contribution in [0, 0.1) is 0 Å². The number of aromatic nitrogens is 2. The standard InChI is InChI=1S/C24H25ClN2O4/c1-2-3-13-21-26-15-20(27(21)16-18-11-7-8-12-19(18)25)24(22(28)29,23(30)31)14-17-9-5-4-6-10-17/h4-12,15H,2-3,13-14,16H2,1H3,(H,28,29)(H,30,31). The second-order valence-electron chi connectivity index (χ2n) is 7.52. The molecule has 7 heteroatoms. The third kappa shape index (κ3) is 4.64. The number of unbranched alkanes of at least 4 members (excludes halogenated alkanes) is 1. The average Bonchev–Trinajstić information content (AvgIpc) is 3.15. The average molecular weight is 441 g/mol. The van der Waals surface area contributed by atoms with Gasteiger partial charge >= 0.3 is 11.9 Å². The van der Waals surface area contributed by atoms with E-state index in [9.17, 15) is 19.8 Å². The lowest BCUT2D eigenvalue weighted by Gasteiger charge is -2.27. The molecular weight excluding hydrogens is 416 g/mol. The van der Waals surface area contributed by atoms with Crippen LogP contribution in [0.15, 0.2) is 60.8 Å². The number of carboxylic acids is 2. The van der Waals surface area contributed by atoms with Crippen molar-refractivity contribution in [3.05, 3.63) is 88.5 Å². The minimum Gasteiger partial charge on any atom is -0.480 e. The monoisotopic (exact) mass is 440 g/mol. The molecule has 0 aliphatic heterocycles. The van der Waals surface area contributed by atoms with Crippen molar-refractivity contribution in [1.82, 2.24) is 9.55 Å². The van der Waals surface area contributed by atoms with E-state index in [0.29, 0.717) is 22.8 Å². The molecule has 6 nitrogen and oxygen atoms in total. The number of aliphatic carboxylic acids is 2. The van der Waals surface area contributed by atoms with Gasteiger partial charge in [-0.1, -0.05) is 73.5 Å². The van der Waals surface area contributed by atoms with E-state index in [1.165, 1.54) is 6.20 Å². The molecule has 0 amide bonds. The molecule has 0 saturated carbocycles. The molecule has 0 bridgehead atoms. The summed E-state index contributed by atoms with van der Waals surface area (Å²) in [5.41, 5.74) is -0.652. The quantitative estimate of drug-likeness (QED) is 0.450. The van der Waals surface area contributed by atoms with Gasteiger partial charge in [0.25, 0.3) is 0 Å². The molecule has 3 aromatic rings. The lowest BCUT2D eigenvalue weighted by molar-refractivity contribution is -0.158. The fourth-order valence-electron chi connectivity index (χ4n) is 3.72. The van der Waals surface area contributed by atoms with Gasteiger partial charge in [0.15, 0.2) is 0 Å². The van der Waals surface area contributed by atoms with Crippen LogP contribution >= 0.6 is 11.6 Å². The first-order chi connectivity index (χ1) is 14.9. The molecule has 0 unspecified atom stereocenters. The van der Waals surface area contributed by atoms with Gasteiger partial charge < -0.3 is 14.8 Å². The fraction of sp³-hybridized carbons (Fsp3) is 0.292. The summed E-state index contributed by atoms with van der Waals surface area (Å²) in [7, 11) is 0. The molecule has 31 heavy (non-hydrogen) atoms. The summed E-state index contributed by atoms with van der Waals surface area (Å²) < 4.78 is 1.71. The molecule has 162 valence electrons. The number of benzene rings is 2. The summed E-state index contributed by atoms with van der Waals surface area (Å²) >= 11 is 6.35. The highest BCUT2D eigenvalue weighted by Crippen LogP contribution is 2.32. The molecule has 2 N–H and O–H groups in total. The summed E-state index contributed by atoms with van der Waals surface area (Å²) in [6, 6.07) is 16.0. The second kappa shape index (κ2) is 9.79. The number of hydrogen-bond donors (Lipinski definition) is 2. The van der Waals surface area contributed by atoms with Crippen molar-refractivity contribution < 1.29 is 19.8 Å². The van der Waals surface area contributed by atoms with Gasteiger partial charge in [-0.2, -0.15) is 0 Å². The Morgan fingerprint density at radius 2 is 1.68 bits per heavy atom. The van der Waals surface area contributed by atoms with Gasteiger partial charge in [0, 0.05) is 17.9 Å². The predicted octanol–water partition coefficient (Wildman–Crippen LogP) is 4.58. The van der Waals surface area contributed by atoms with Crippen LogP contribution in [0.1, 0.15) is 42.4 Å². The van der Waals surface area contributed by atoms with Crippen LogP contribution < -0.4 is 0 Å². The molecule has 0 atom stereocenters. The maximum atomic E-state index is 12.5. The number of hydrogen-bond acceptors (Lipinski definition) is 3. The van der Waals surface area contributed by atoms with E-state index in [-0.39, 0.29) is 18.7 Å². The Kier molecular flexibility index (Phi) is 7.13. The Labute approximate surface area is 186 Å². The molecule has 1 heterocycles. The zero-order chi connectivity index (χ0) is 22.4. The van der Waals surface area contributed by atoms with Crippen LogP contribution in [-0.4, -0.2) is 31.7 Å². The van der Waals surface area contributed by atoms with Crippen LogP contribution in [-0.2, 0) is 34.4 Å². The number of carboxylic acid groups (broad SMARTS) is 2. The molecule has 0 aliphatic rings. The van der Waals surface area contributed by atoms with Gasteiger partial charge in [-0.05, 0) is 23.6 Å². The maximum Gasteiger partial charge on any atom is 0.327 e. The van der Waals surface area contributed by atoms with Crippen LogP contribution in [0.3, 0.4) is 0 Å². The van der Waals surface area contributed by atoms with Crippen LogP contribution in [0.4, 0.5) is 0 Å². The number of aryl methyl sites for hydroxylation is 1. The first-order valence-electron chi connectivity index (χ1n) is 10.2. The van der Waals surface area contributed by atoms with E-state index in [1.807, 2.05) is 18.2 Å². The van der Waals surface area contributed by atoms with Crippen molar-refractivity contribution in [3.8, 4) is 0 Å². The van der Waals surface area contributed by atoms with Crippen molar-refractivity contribution in [2.24, 2.45) is 0 Å². The number of rotatable bonds is 10. The zero-order valence-corrected chi connectivity index (χ0v) is 18.0. The number of carbonyl (C=O) groups is 2. The van der Waals surface area contributed by atoms with Gasteiger partial charge in [-0.25, -0.2) is 4.98 Å². The Hall–Kier alpha value is -3.12. The van der Waals surface area contributed by atoms with E-state index in [4.69, 9.17) is 11.6 Å². The van der Waals surface area contributed by atoms with E-state index in [1.54, 1.807) is 41.0 Å². The fourth-order valence-corrected chi connectivity index (χ4v) is 3.91. The van der Waals surface area contributed by atoms with Crippen molar-refractivity contribution in [3.63, 3.8) is 0 Å². The maximum absolute atomic E-state index is 12.5. The van der Waals surface area contributed by atoms with Gasteiger partial charge in [0.1, 0.15) is 5.82 Å². The highest BCUT2D eigenvalue weighted by Gasteiger charge is 2.51.